The third kappa shape index (κ3) is 4.22. The second-order valence-electron chi connectivity index (χ2n) is 6.42. The third-order valence-corrected chi connectivity index (χ3v) is 7.04. The molecule has 1 aliphatic heterocycles. The molecular formula is C13H28S2. The first-order chi connectivity index (χ1) is 6.73. The minimum Gasteiger partial charge on any atom is -0.250 e. The molecule has 0 aliphatic carbocycles. The minimum atomic E-state index is -0.284. The van der Waals surface area contributed by atoms with E-state index in [9.17, 15) is 0 Å². The maximum atomic E-state index is 2.46. The zero-order valence-corrected chi connectivity index (χ0v) is 12.9. The summed E-state index contributed by atoms with van der Waals surface area (Å²) in [6.45, 7) is 7.33. The van der Waals surface area contributed by atoms with Crippen molar-refractivity contribution < 1.29 is 0 Å². The standard InChI is InChI=1S/C13H28S2/c1-11(7-8-15(4,5)6)9-13(3)12(2)10-14-13/h11-12H,7-10H2,1-6H3. The first-order valence-corrected chi connectivity index (χ1v) is 10.0. The molecule has 0 amide bonds. The number of thioether (sulfide) groups is 1. The third-order valence-electron chi connectivity index (χ3n) is 3.68. The molecule has 3 atom stereocenters. The van der Waals surface area contributed by atoms with Gasteiger partial charge in [0.05, 0.1) is 0 Å². The SMILES string of the molecule is CC(CCS(C)(C)C)CC1(C)SCC1C. The maximum absolute atomic E-state index is 2.46. The Morgan fingerprint density at radius 2 is 2.00 bits per heavy atom. The van der Waals surface area contributed by atoms with Gasteiger partial charge >= 0.3 is 0 Å². The van der Waals surface area contributed by atoms with Crippen molar-refractivity contribution in [1.82, 2.24) is 0 Å². The molecule has 0 bridgehead atoms. The van der Waals surface area contributed by atoms with Gasteiger partial charge in [-0.2, -0.15) is 11.8 Å². The zero-order valence-electron chi connectivity index (χ0n) is 11.3. The first kappa shape index (κ1) is 13.8. The van der Waals surface area contributed by atoms with Crippen molar-refractivity contribution in [2.24, 2.45) is 11.8 Å². The lowest BCUT2D eigenvalue weighted by Crippen LogP contribution is -2.42. The van der Waals surface area contributed by atoms with Crippen LogP contribution in [0.25, 0.3) is 0 Å². The second-order valence-corrected chi connectivity index (χ2v) is 12.6. The summed E-state index contributed by atoms with van der Waals surface area (Å²) in [4.78, 5) is 0. The Hall–Kier alpha value is 0.700. The van der Waals surface area contributed by atoms with Crippen LogP contribution in [0.15, 0.2) is 0 Å². The lowest BCUT2D eigenvalue weighted by atomic mass is 9.85. The van der Waals surface area contributed by atoms with E-state index in [0.717, 1.165) is 11.8 Å². The summed E-state index contributed by atoms with van der Waals surface area (Å²) < 4.78 is 0.604. The average Bonchev–Trinajstić information content (AvgIpc) is 2.11. The Labute approximate surface area is 102 Å². The van der Waals surface area contributed by atoms with Gasteiger partial charge in [-0.15, -0.1) is 0 Å². The van der Waals surface area contributed by atoms with Crippen molar-refractivity contribution in [2.75, 3.05) is 30.3 Å². The maximum Gasteiger partial charge on any atom is 0.0167 e. The quantitative estimate of drug-likeness (QED) is 0.701. The summed E-state index contributed by atoms with van der Waals surface area (Å²) in [6.07, 6.45) is 10.2. The van der Waals surface area contributed by atoms with E-state index in [1.54, 1.807) is 0 Å². The molecule has 1 saturated heterocycles. The van der Waals surface area contributed by atoms with E-state index in [0.29, 0.717) is 4.75 Å². The Morgan fingerprint density at radius 1 is 1.40 bits per heavy atom. The molecule has 0 saturated carbocycles. The highest BCUT2D eigenvalue weighted by Gasteiger charge is 2.41. The van der Waals surface area contributed by atoms with E-state index in [4.69, 9.17) is 0 Å². The lowest BCUT2D eigenvalue weighted by Gasteiger charge is -2.46. The first-order valence-electron chi connectivity index (χ1n) is 6.03. The summed E-state index contributed by atoms with van der Waals surface area (Å²) in [7, 11) is -0.284. The predicted molar refractivity (Wildman–Crippen MR) is 78.7 cm³/mol. The van der Waals surface area contributed by atoms with Crippen molar-refractivity contribution in [3.8, 4) is 0 Å². The van der Waals surface area contributed by atoms with E-state index in [1.807, 2.05) is 0 Å². The van der Waals surface area contributed by atoms with Gasteiger partial charge in [-0.05, 0) is 55.0 Å². The highest BCUT2D eigenvalue weighted by molar-refractivity contribution is 8.32. The molecule has 1 heterocycles. The fourth-order valence-corrected chi connectivity index (χ4v) is 4.72. The number of hydrogen-bond donors (Lipinski definition) is 0. The van der Waals surface area contributed by atoms with Crippen molar-refractivity contribution in [3.05, 3.63) is 0 Å². The summed E-state index contributed by atoms with van der Waals surface area (Å²) in [6, 6.07) is 0. The predicted octanol–water partition coefficient (Wildman–Crippen LogP) is 4.24. The largest absolute Gasteiger partial charge is 0.250 e. The molecule has 1 rings (SSSR count). The molecule has 0 N–H and O–H groups in total. The van der Waals surface area contributed by atoms with E-state index >= 15 is 0 Å². The van der Waals surface area contributed by atoms with Crippen molar-refractivity contribution in [2.45, 2.75) is 38.4 Å². The molecule has 0 aromatic heterocycles. The Kier molecular flexibility index (Phi) is 4.51. The zero-order chi connectivity index (χ0) is 11.7. The van der Waals surface area contributed by atoms with Crippen LogP contribution in [0, 0.1) is 11.8 Å². The highest BCUT2D eigenvalue weighted by atomic mass is 32.3. The van der Waals surface area contributed by atoms with Gasteiger partial charge in [0.1, 0.15) is 0 Å². The minimum absolute atomic E-state index is 0.284. The van der Waals surface area contributed by atoms with Crippen LogP contribution >= 0.6 is 21.8 Å². The van der Waals surface area contributed by atoms with Crippen molar-refractivity contribution in [3.63, 3.8) is 0 Å². The molecule has 0 spiro atoms. The van der Waals surface area contributed by atoms with Gasteiger partial charge in [-0.1, -0.05) is 20.8 Å². The molecule has 0 aromatic carbocycles. The molecule has 3 unspecified atom stereocenters. The normalized spacial score (nSPS) is 34.7. The number of hydrogen-bond acceptors (Lipinski definition) is 1. The average molecular weight is 249 g/mol. The van der Waals surface area contributed by atoms with Gasteiger partial charge in [-0.3, -0.25) is 0 Å². The molecule has 15 heavy (non-hydrogen) atoms. The molecule has 0 aromatic rings. The fraction of sp³-hybridized carbons (Fsp3) is 1.00. The van der Waals surface area contributed by atoms with E-state index in [1.165, 1.54) is 24.3 Å². The molecule has 0 radical (unpaired) electrons. The van der Waals surface area contributed by atoms with Gasteiger partial charge < -0.3 is 0 Å². The summed E-state index contributed by atoms with van der Waals surface area (Å²) >= 11 is 2.18. The Morgan fingerprint density at radius 3 is 2.33 bits per heavy atom. The molecule has 1 fully saturated rings. The van der Waals surface area contributed by atoms with Crippen LogP contribution in [0.2, 0.25) is 0 Å². The summed E-state index contributed by atoms with van der Waals surface area (Å²) in [5.74, 6) is 4.68. The van der Waals surface area contributed by atoms with Gasteiger partial charge in [0.25, 0.3) is 0 Å². The van der Waals surface area contributed by atoms with Gasteiger partial charge in [-0.25, -0.2) is 10.0 Å². The molecular weight excluding hydrogens is 220 g/mol. The van der Waals surface area contributed by atoms with Crippen LogP contribution in [0.1, 0.15) is 33.6 Å². The fourth-order valence-electron chi connectivity index (χ4n) is 2.14. The van der Waals surface area contributed by atoms with Gasteiger partial charge in [0.2, 0.25) is 0 Å². The topological polar surface area (TPSA) is 0 Å². The summed E-state index contributed by atoms with van der Waals surface area (Å²) in [5, 5.41) is 0. The smallest absolute Gasteiger partial charge is 0.0167 e. The van der Waals surface area contributed by atoms with Crippen LogP contribution < -0.4 is 0 Å². The molecule has 92 valence electrons. The van der Waals surface area contributed by atoms with E-state index < -0.39 is 0 Å². The van der Waals surface area contributed by atoms with Gasteiger partial charge in [0.15, 0.2) is 0 Å². The molecule has 0 nitrogen and oxygen atoms in total. The van der Waals surface area contributed by atoms with E-state index in [-0.39, 0.29) is 10.0 Å². The van der Waals surface area contributed by atoms with Crippen LogP contribution in [-0.4, -0.2) is 35.0 Å². The monoisotopic (exact) mass is 248 g/mol. The number of rotatable bonds is 5. The molecule has 2 heteroatoms. The van der Waals surface area contributed by atoms with Gasteiger partial charge in [0, 0.05) is 4.75 Å². The molecule has 1 aliphatic rings. The van der Waals surface area contributed by atoms with Crippen LogP contribution in [0.5, 0.6) is 0 Å². The summed E-state index contributed by atoms with van der Waals surface area (Å²) in [5.41, 5.74) is 0. The lowest BCUT2D eigenvalue weighted by molar-refractivity contribution is 0.344. The van der Waals surface area contributed by atoms with Crippen molar-refractivity contribution in [1.29, 1.82) is 0 Å². The van der Waals surface area contributed by atoms with Crippen molar-refractivity contribution >= 4 is 21.8 Å². The van der Waals surface area contributed by atoms with Crippen LogP contribution in [0.3, 0.4) is 0 Å². The Bertz CT molecular complexity index is 207. The van der Waals surface area contributed by atoms with Crippen LogP contribution in [-0.2, 0) is 0 Å². The van der Waals surface area contributed by atoms with Crippen LogP contribution in [0.4, 0.5) is 0 Å². The van der Waals surface area contributed by atoms with E-state index in [2.05, 4.69) is 51.3 Å². The second kappa shape index (κ2) is 4.91. The Balaban J connectivity index is 2.27. The highest BCUT2D eigenvalue weighted by Crippen LogP contribution is 2.50.